The molecule has 0 N–H and O–H groups in total. The molecule has 16 heavy (non-hydrogen) atoms. The summed E-state index contributed by atoms with van der Waals surface area (Å²) < 4.78 is 26.6. The molecule has 0 aliphatic heterocycles. The van der Waals surface area contributed by atoms with Gasteiger partial charge in [-0.15, -0.1) is 0 Å². The lowest BCUT2D eigenvalue weighted by Crippen LogP contribution is -2.07. The molecule has 6 nitrogen and oxygen atoms in total. The van der Waals surface area contributed by atoms with Crippen LogP contribution >= 0.6 is 0 Å². The van der Waals surface area contributed by atoms with E-state index in [0.29, 0.717) is 11.1 Å². The third-order valence-corrected chi connectivity index (χ3v) is 2.63. The van der Waals surface area contributed by atoms with Crippen molar-refractivity contribution < 1.29 is 17.5 Å². The van der Waals surface area contributed by atoms with Crippen LogP contribution in [-0.4, -0.2) is 19.6 Å². The van der Waals surface area contributed by atoms with Crippen molar-refractivity contribution >= 4 is 15.8 Å². The standard InChI is InChI=1S/C9H11NO5S/c1-6-7(2)9(15-16(3,13)14)5-4-8(6)10(11)12/h4-5H,1-3H3. The largest absolute Gasteiger partial charge is 0.382 e. The van der Waals surface area contributed by atoms with Crippen LogP contribution in [0.4, 0.5) is 5.69 Å². The zero-order chi connectivity index (χ0) is 12.5. The number of nitro benzene ring substituents is 1. The Hall–Kier alpha value is -1.63. The van der Waals surface area contributed by atoms with Gasteiger partial charge in [-0.25, -0.2) is 0 Å². The highest BCUT2D eigenvalue weighted by atomic mass is 32.2. The van der Waals surface area contributed by atoms with Gasteiger partial charge in [-0.2, -0.15) is 8.42 Å². The van der Waals surface area contributed by atoms with Gasteiger partial charge in [0.2, 0.25) is 0 Å². The Balaban J connectivity index is 3.28. The minimum absolute atomic E-state index is 0.0571. The number of nitrogens with zero attached hydrogens (tertiary/aromatic N) is 1. The lowest BCUT2D eigenvalue weighted by Gasteiger charge is -2.08. The van der Waals surface area contributed by atoms with Gasteiger partial charge < -0.3 is 4.18 Å². The Morgan fingerprint density at radius 3 is 2.25 bits per heavy atom. The van der Waals surface area contributed by atoms with Crippen LogP contribution in [0.5, 0.6) is 5.75 Å². The topological polar surface area (TPSA) is 86.5 Å². The molecule has 0 aliphatic rings. The smallest absolute Gasteiger partial charge is 0.306 e. The molecule has 1 aromatic rings. The van der Waals surface area contributed by atoms with Crippen LogP contribution in [0, 0.1) is 24.0 Å². The van der Waals surface area contributed by atoms with Gasteiger partial charge in [0.1, 0.15) is 5.75 Å². The highest BCUT2D eigenvalue weighted by Gasteiger charge is 2.17. The van der Waals surface area contributed by atoms with E-state index in [-0.39, 0.29) is 11.4 Å². The molecule has 0 amide bonds. The van der Waals surface area contributed by atoms with Crippen molar-refractivity contribution in [2.24, 2.45) is 0 Å². The molecular formula is C9H11NO5S. The maximum Gasteiger partial charge on any atom is 0.306 e. The Kier molecular flexibility index (Phi) is 3.18. The van der Waals surface area contributed by atoms with Crippen LogP contribution in [0.15, 0.2) is 12.1 Å². The average Bonchev–Trinajstić information content (AvgIpc) is 2.10. The molecule has 0 fully saturated rings. The van der Waals surface area contributed by atoms with Gasteiger partial charge in [-0.1, -0.05) is 0 Å². The maximum absolute atomic E-state index is 10.9. The first kappa shape index (κ1) is 12.4. The molecule has 0 heterocycles. The van der Waals surface area contributed by atoms with E-state index in [1.165, 1.54) is 12.1 Å². The van der Waals surface area contributed by atoms with E-state index in [2.05, 4.69) is 0 Å². The molecule has 0 radical (unpaired) electrons. The van der Waals surface area contributed by atoms with E-state index in [1.807, 2.05) is 0 Å². The first-order chi connectivity index (χ1) is 7.22. The van der Waals surface area contributed by atoms with Crippen LogP contribution < -0.4 is 4.18 Å². The molecular weight excluding hydrogens is 234 g/mol. The number of rotatable bonds is 3. The zero-order valence-corrected chi connectivity index (χ0v) is 9.87. The van der Waals surface area contributed by atoms with Crippen molar-refractivity contribution in [1.82, 2.24) is 0 Å². The summed E-state index contributed by atoms with van der Waals surface area (Å²) in [6.45, 7) is 3.12. The summed E-state index contributed by atoms with van der Waals surface area (Å²) >= 11 is 0. The molecule has 0 bridgehead atoms. The molecule has 0 unspecified atom stereocenters. The van der Waals surface area contributed by atoms with Gasteiger partial charge in [-0.05, 0) is 19.9 Å². The van der Waals surface area contributed by atoms with E-state index >= 15 is 0 Å². The highest BCUT2D eigenvalue weighted by Crippen LogP contribution is 2.29. The number of benzene rings is 1. The molecule has 7 heteroatoms. The SMILES string of the molecule is Cc1c(OS(C)(=O)=O)ccc([N+](=O)[O-])c1C. The van der Waals surface area contributed by atoms with E-state index in [4.69, 9.17) is 4.18 Å². The molecule has 1 rings (SSSR count). The number of nitro groups is 1. The summed E-state index contributed by atoms with van der Waals surface area (Å²) in [6.07, 6.45) is 0.920. The van der Waals surface area contributed by atoms with Gasteiger partial charge in [-0.3, -0.25) is 10.1 Å². The minimum Gasteiger partial charge on any atom is -0.382 e. The molecule has 0 saturated heterocycles. The quantitative estimate of drug-likeness (QED) is 0.458. The highest BCUT2D eigenvalue weighted by molar-refractivity contribution is 7.86. The van der Waals surface area contributed by atoms with Gasteiger partial charge in [0.05, 0.1) is 11.2 Å². The van der Waals surface area contributed by atoms with Gasteiger partial charge in [0.25, 0.3) is 5.69 Å². The third-order valence-electron chi connectivity index (χ3n) is 2.15. The fourth-order valence-corrected chi connectivity index (χ4v) is 1.74. The molecule has 1 aromatic carbocycles. The van der Waals surface area contributed by atoms with Crippen molar-refractivity contribution in [2.75, 3.05) is 6.26 Å². The normalized spacial score (nSPS) is 11.2. The molecule has 0 spiro atoms. The van der Waals surface area contributed by atoms with Gasteiger partial charge in [0, 0.05) is 17.2 Å². The van der Waals surface area contributed by atoms with Crippen molar-refractivity contribution in [2.45, 2.75) is 13.8 Å². The van der Waals surface area contributed by atoms with Crippen LogP contribution in [0.3, 0.4) is 0 Å². The van der Waals surface area contributed by atoms with E-state index < -0.39 is 15.0 Å². The zero-order valence-electron chi connectivity index (χ0n) is 9.05. The summed E-state index contributed by atoms with van der Waals surface area (Å²) in [5.41, 5.74) is 0.782. The number of hydrogen-bond acceptors (Lipinski definition) is 5. The second-order valence-corrected chi connectivity index (χ2v) is 4.95. The maximum atomic E-state index is 10.9. The predicted molar refractivity (Wildman–Crippen MR) is 58.0 cm³/mol. The summed E-state index contributed by atoms with van der Waals surface area (Å²) in [5.74, 6) is 0.116. The summed E-state index contributed by atoms with van der Waals surface area (Å²) in [4.78, 5) is 10.1. The predicted octanol–water partition coefficient (Wildman–Crippen LogP) is 1.55. The molecule has 0 atom stereocenters. The molecule has 0 aliphatic carbocycles. The van der Waals surface area contributed by atoms with E-state index in [1.54, 1.807) is 13.8 Å². The van der Waals surface area contributed by atoms with Crippen LogP contribution in [0.1, 0.15) is 11.1 Å². The van der Waals surface area contributed by atoms with E-state index in [0.717, 1.165) is 6.26 Å². The first-order valence-corrected chi connectivity index (χ1v) is 6.18. The minimum atomic E-state index is -3.62. The molecule has 0 aromatic heterocycles. The Morgan fingerprint density at radius 1 is 1.25 bits per heavy atom. The Labute approximate surface area is 93.1 Å². The van der Waals surface area contributed by atoms with Crippen LogP contribution in [0.25, 0.3) is 0 Å². The Morgan fingerprint density at radius 2 is 1.81 bits per heavy atom. The van der Waals surface area contributed by atoms with E-state index in [9.17, 15) is 18.5 Å². The second kappa shape index (κ2) is 4.09. The lowest BCUT2D eigenvalue weighted by atomic mass is 10.1. The monoisotopic (exact) mass is 245 g/mol. The number of hydrogen-bond donors (Lipinski definition) is 0. The average molecular weight is 245 g/mol. The van der Waals surface area contributed by atoms with Crippen molar-refractivity contribution in [3.8, 4) is 5.75 Å². The molecule has 88 valence electrons. The van der Waals surface area contributed by atoms with Gasteiger partial charge >= 0.3 is 10.1 Å². The summed E-state index contributed by atoms with van der Waals surface area (Å²) in [7, 11) is -3.62. The van der Waals surface area contributed by atoms with Crippen molar-refractivity contribution in [3.63, 3.8) is 0 Å². The van der Waals surface area contributed by atoms with Crippen molar-refractivity contribution in [1.29, 1.82) is 0 Å². The lowest BCUT2D eigenvalue weighted by molar-refractivity contribution is -0.385. The van der Waals surface area contributed by atoms with Crippen LogP contribution in [0.2, 0.25) is 0 Å². The van der Waals surface area contributed by atoms with Crippen molar-refractivity contribution in [3.05, 3.63) is 33.4 Å². The second-order valence-electron chi connectivity index (χ2n) is 3.38. The van der Waals surface area contributed by atoms with Crippen LogP contribution in [-0.2, 0) is 10.1 Å². The molecule has 0 saturated carbocycles. The summed E-state index contributed by atoms with van der Waals surface area (Å²) in [5, 5.41) is 10.6. The fourth-order valence-electron chi connectivity index (χ4n) is 1.23. The Bertz CT molecular complexity index is 535. The van der Waals surface area contributed by atoms with Gasteiger partial charge in [0.15, 0.2) is 0 Å². The third kappa shape index (κ3) is 2.69. The fraction of sp³-hybridized carbons (Fsp3) is 0.333. The summed E-state index contributed by atoms with van der Waals surface area (Å²) in [6, 6.07) is 2.50. The first-order valence-electron chi connectivity index (χ1n) is 4.36.